The van der Waals surface area contributed by atoms with Crippen LogP contribution in [0.5, 0.6) is 0 Å². The Morgan fingerprint density at radius 3 is 1.43 bits per heavy atom. The number of hydrogen-bond acceptors (Lipinski definition) is 14. The fourth-order valence-electron chi connectivity index (χ4n) is 12.5. The molecule has 26 nitrogen and oxygen atoms in total. The number of ether oxygens (including phenoxy) is 1. The molecule has 0 bridgehead atoms. The molecule has 12 amide bonds. The molecule has 11 atom stereocenters. The van der Waals surface area contributed by atoms with Crippen molar-refractivity contribution >= 4 is 70.9 Å². The van der Waals surface area contributed by atoms with Gasteiger partial charge in [0.25, 0.3) is 0 Å². The van der Waals surface area contributed by atoms with Gasteiger partial charge in [0.2, 0.25) is 70.9 Å². The predicted molar refractivity (Wildman–Crippen MR) is 381 cm³/mol. The molecule has 100 heavy (non-hydrogen) atoms. The number of carbonyl (C=O) groups is 12. The number of rotatable bonds is 19. The average Bonchev–Trinajstić information content (AvgIpc) is 0.821. The van der Waals surface area contributed by atoms with E-state index < -0.39 is 156 Å². The minimum atomic E-state index is -1.66. The molecule has 2 aliphatic heterocycles. The minimum absolute atomic E-state index is 0.00301. The molecule has 2 aromatic rings. The van der Waals surface area contributed by atoms with Gasteiger partial charge in [0.1, 0.15) is 60.4 Å². The van der Waals surface area contributed by atoms with Crippen LogP contribution < -0.4 is 26.6 Å². The van der Waals surface area contributed by atoms with Gasteiger partial charge in [-0.15, -0.1) is 0 Å². The van der Waals surface area contributed by atoms with Crippen LogP contribution in [-0.4, -0.2) is 252 Å². The fourth-order valence-corrected chi connectivity index (χ4v) is 12.5. The summed E-state index contributed by atoms with van der Waals surface area (Å²) in [7, 11) is 8.29. The zero-order valence-corrected chi connectivity index (χ0v) is 62.7. The molecule has 4 rings (SSSR count). The van der Waals surface area contributed by atoms with Crippen LogP contribution in [0.25, 0.3) is 0 Å². The van der Waals surface area contributed by atoms with E-state index in [4.69, 9.17) is 4.74 Å². The molecule has 6 N–H and O–H groups in total. The van der Waals surface area contributed by atoms with E-state index in [2.05, 4.69) is 26.6 Å². The molecule has 0 aliphatic carbocycles. The lowest BCUT2D eigenvalue weighted by Crippen LogP contribution is -2.62. The lowest BCUT2D eigenvalue weighted by Gasteiger charge is -2.38. The maximum absolute atomic E-state index is 15.6. The third kappa shape index (κ3) is 25.0. The van der Waals surface area contributed by atoms with Crippen LogP contribution in [0.1, 0.15) is 152 Å². The summed E-state index contributed by atoms with van der Waals surface area (Å²) in [5.74, 6) is -9.93. The van der Waals surface area contributed by atoms with Gasteiger partial charge in [0.05, 0.1) is 25.7 Å². The summed E-state index contributed by atoms with van der Waals surface area (Å²) < 4.78 is 6.04. The summed E-state index contributed by atoms with van der Waals surface area (Å²) in [6.45, 7) is 21.3. The number of piperidine rings is 1. The van der Waals surface area contributed by atoms with Gasteiger partial charge >= 0.3 is 0 Å². The van der Waals surface area contributed by atoms with Crippen LogP contribution in [0.15, 0.2) is 60.7 Å². The largest absolute Gasteiger partial charge is 0.391 e. The van der Waals surface area contributed by atoms with Crippen molar-refractivity contribution in [2.75, 3.05) is 75.1 Å². The van der Waals surface area contributed by atoms with E-state index in [1.165, 1.54) is 63.9 Å². The number of carbonyl (C=O) groups excluding carboxylic acids is 12. The number of nitrogens with zero attached hydrogens (tertiary/aromatic N) is 7. The maximum Gasteiger partial charge on any atom is 0.248 e. The molecule has 2 heterocycles. The van der Waals surface area contributed by atoms with Crippen LogP contribution in [-0.2, 0) is 75.1 Å². The summed E-state index contributed by atoms with van der Waals surface area (Å²) >= 11 is 0. The number of hydrogen-bond donors (Lipinski definition) is 6. The highest BCUT2D eigenvalue weighted by atomic mass is 16.5. The normalized spacial score (nSPS) is 25.0. The quantitative estimate of drug-likeness (QED) is 0.110. The van der Waals surface area contributed by atoms with E-state index in [-0.39, 0.29) is 75.4 Å². The lowest BCUT2D eigenvalue weighted by molar-refractivity contribution is -0.151. The summed E-state index contributed by atoms with van der Waals surface area (Å²) in [4.78, 5) is 188. The maximum atomic E-state index is 15.6. The smallest absolute Gasteiger partial charge is 0.248 e. The highest BCUT2D eigenvalue weighted by Gasteiger charge is 2.43. The molecule has 558 valence electrons. The molecule has 2 fully saturated rings. The van der Waals surface area contributed by atoms with Gasteiger partial charge in [0.15, 0.2) is 0 Å². The van der Waals surface area contributed by atoms with Gasteiger partial charge in [-0.1, -0.05) is 137 Å². The van der Waals surface area contributed by atoms with Gasteiger partial charge in [-0.25, -0.2) is 0 Å². The lowest BCUT2D eigenvalue weighted by atomic mass is 9.97. The minimum Gasteiger partial charge on any atom is -0.391 e. The molecule has 2 aromatic carbocycles. The molecule has 0 spiro atoms. The van der Waals surface area contributed by atoms with Crippen molar-refractivity contribution in [1.82, 2.24) is 60.9 Å². The number of aliphatic hydroxyl groups is 1. The molecular weight excluding hydrogens is 1280 g/mol. The second-order valence-electron chi connectivity index (χ2n) is 29.3. The van der Waals surface area contributed by atoms with E-state index in [0.29, 0.717) is 43.5 Å². The van der Waals surface area contributed by atoms with E-state index in [1.807, 2.05) is 55.4 Å². The summed E-state index contributed by atoms with van der Waals surface area (Å²) in [6.07, 6.45) is 0.721. The summed E-state index contributed by atoms with van der Waals surface area (Å²) in [6, 6.07) is 4.17. The van der Waals surface area contributed by atoms with Gasteiger partial charge in [0, 0.05) is 74.8 Å². The Labute approximate surface area is 593 Å². The molecule has 2 aliphatic rings. The van der Waals surface area contributed by atoms with Crippen molar-refractivity contribution in [3.05, 3.63) is 71.8 Å². The predicted octanol–water partition coefficient (Wildman–Crippen LogP) is 3.55. The molecule has 0 radical (unpaired) electrons. The number of nitrogens with one attached hydrogen (secondary N) is 5. The number of likely N-dealkylation sites (tertiary alicyclic amines) is 1. The third-order valence-corrected chi connectivity index (χ3v) is 18.7. The van der Waals surface area contributed by atoms with E-state index in [1.54, 1.807) is 86.3 Å². The second-order valence-corrected chi connectivity index (χ2v) is 29.3. The van der Waals surface area contributed by atoms with Crippen molar-refractivity contribution in [1.29, 1.82) is 0 Å². The van der Waals surface area contributed by atoms with Gasteiger partial charge in [-0.2, -0.15) is 0 Å². The van der Waals surface area contributed by atoms with Crippen molar-refractivity contribution in [2.45, 2.75) is 220 Å². The van der Waals surface area contributed by atoms with Gasteiger partial charge < -0.3 is 70.7 Å². The van der Waals surface area contributed by atoms with Crippen molar-refractivity contribution in [3.63, 3.8) is 0 Å². The standard InChI is InChI=1S/C74H118N12O14/c1-19-56-65(90)79-64(50(12)87)73(98)80(13)43-62(89)81(14)60(44-100-36-33-45(2)3)68(93)76-54(38-47(6)7)70(95)85(18)59(41-52-31-25-21-26-32-52)72(97)83(16)57(39-48(8)9)66(91)77-55(71(96)86-34-27-22-28-35-86)42-61(88)78-63(49(10)11)74(99)84(17)58(40-51-29-23-20-24-30-51)67(92)75-53(37-46(4)5)69(94)82(56)15/h20-21,23-26,29-32,45-50,53-60,63-64,87H,19,22,27-28,33-44H2,1-18H3,(H,75,92)(H,76,93)(H,77,91)(H,78,88)(H,79,90)/t50-,53+,54+,55+,56+,57+,58+,59+,60+,63-,64+/m1/s1. The summed E-state index contributed by atoms with van der Waals surface area (Å²) in [5.41, 5.74) is 1.31. The second kappa shape index (κ2) is 40.4. The van der Waals surface area contributed by atoms with Crippen LogP contribution >= 0.6 is 0 Å². The van der Waals surface area contributed by atoms with Crippen molar-refractivity contribution in [2.24, 2.45) is 29.6 Å². The number of amides is 12. The Bertz CT molecular complexity index is 3050. The first-order valence-corrected chi connectivity index (χ1v) is 35.7. The van der Waals surface area contributed by atoms with Crippen LogP contribution in [0, 0.1) is 29.6 Å². The van der Waals surface area contributed by atoms with Crippen LogP contribution in [0.2, 0.25) is 0 Å². The molecule has 0 aromatic heterocycles. The summed E-state index contributed by atoms with van der Waals surface area (Å²) in [5, 5.41) is 25.2. The Morgan fingerprint density at radius 1 is 0.490 bits per heavy atom. The first-order chi connectivity index (χ1) is 47.0. The Morgan fingerprint density at radius 2 is 0.950 bits per heavy atom. The van der Waals surface area contributed by atoms with E-state index in [0.717, 1.165) is 21.1 Å². The Kier molecular flexibility index (Phi) is 34.1. The number of aliphatic hydroxyl groups excluding tert-OH is 1. The fraction of sp³-hybridized carbons (Fsp3) is 0.676. The van der Waals surface area contributed by atoms with Crippen molar-refractivity contribution < 1.29 is 67.4 Å². The third-order valence-electron chi connectivity index (χ3n) is 18.7. The van der Waals surface area contributed by atoms with Crippen LogP contribution in [0.3, 0.4) is 0 Å². The van der Waals surface area contributed by atoms with Gasteiger partial charge in [-0.3, -0.25) is 57.5 Å². The topological polar surface area (TPSA) is 317 Å². The van der Waals surface area contributed by atoms with E-state index >= 15 is 24.0 Å². The van der Waals surface area contributed by atoms with Crippen molar-refractivity contribution in [3.8, 4) is 0 Å². The van der Waals surface area contributed by atoms with E-state index in [9.17, 15) is 38.7 Å². The molecule has 26 heteroatoms. The molecule has 0 unspecified atom stereocenters. The Hall–Kier alpha value is -8.00. The molecule has 0 saturated carbocycles. The van der Waals surface area contributed by atoms with Gasteiger partial charge in [-0.05, 0) is 99.0 Å². The SMILES string of the molecule is CC[C@H]1C(=O)N[C@@H]([C@@H](C)O)C(=O)N(C)CC(=O)N(C)[C@@H](COCCC(C)C)C(=O)N[C@@H](CC(C)C)C(=O)N(C)[C@@H](Cc2ccccc2)C(=O)N(C)[C@@H](CC(C)C)C(=O)N[C@H](C(=O)N2CCCCC2)CC(=O)N[C@H](C(C)C)C(=O)N(C)[C@@H](Cc2ccccc2)C(=O)N[C@@H](CC(C)C)C(=O)N1C. The Balaban J connectivity index is 1.97. The molecule has 2 saturated heterocycles. The zero-order chi connectivity index (χ0) is 75.0. The first kappa shape index (κ1) is 84.4. The molecular formula is C74H118N12O14. The monoisotopic (exact) mass is 1400 g/mol. The van der Waals surface area contributed by atoms with Crippen LogP contribution in [0.4, 0.5) is 0 Å². The first-order valence-electron chi connectivity index (χ1n) is 35.7. The highest BCUT2D eigenvalue weighted by Crippen LogP contribution is 2.23. The number of likely N-dealkylation sites (N-methyl/N-ethyl adjacent to an activating group) is 6. The highest BCUT2D eigenvalue weighted by molar-refractivity contribution is 6.00. The zero-order valence-electron chi connectivity index (χ0n) is 62.7. The number of benzene rings is 2. The average molecular weight is 1400 g/mol.